The van der Waals surface area contributed by atoms with Crippen LogP contribution in [-0.4, -0.2) is 66.8 Å². The Hall–Kier alpha value is -4.74. The fourth-order valence-corrected chi connectivity index (χ4v) is 4.29. The second-order valence-corrected chi connectivity index (χ2v) is 12.0. The Morgan fingerprint density at radius 2 is 1.73 bits per heavy atom. The zero-order valence-corrected chi connectivity index (χ0v) is 26.7. The highest BCUT2D eigenvalue weighted by Gasteiger charge is 2.31. The molecule has 1 aromatic carbocycles. The molecule has 1 fully saturated rings. The third-order valence-corrected chi connectivity index (χ3v) is 6.76. The predicted molar refractivity (Wildman–Crippen MR) is 166 cm³/mol. The number of pyridine rings is 1. The summed E-state index contributed by atoms with van der Waals surface area (Å²) in [6.07, 6.45) is 1.97. The zero-order valence-electron chi connectivity index (χ0n) is 26.7. The number of nitrogens with one attached hydrogen (secondary N) is 2. The summed E-state index contributed by atoms with van der Waals surface area (Å²) in [5.41, 5.74) is 0.117. The van der Waals surface area contributed by atoms with Crippen molar-refractivity contribution >= 4 is 36.3 Å². The molecule has 1 heterocycles. The molecule has 45 heavy (non-hydrogen) atoms. The van der Waals surface area contributed by atoms with E-state index in [1.807, 2.05) is 0 Å². The van der Waals surface area contributed by atoms with Crippen LogP contribution in [0, 0.1) is 11.8 Å². The zero-order chi connectivity index (χ0) is 33.5. The van der Waals surface area contributed by atoms with Gasteiger partial charge in [0.25, 0.3) is 5.91 Å². The van der Waals surface area contributed by atoms with Crippen LogP contribution in [0.25, 0.3) is 17.2 Å². The maximum absolute atomic E-state index is 13.6. The van der Waals surface area contributed by atoms with Crippen LogP contribution in [0.4, 0.5) is 4.79 Å². The first-order valence-corrected chi connectivity index (χ1v) is 14.7. The van der Waals surface area contributed by atoms with Gasteiger partial charge >= 0.3 is 18.0 Å². The van der Waals surface area contributed by atoms with Crippen molar-refractivity contribution in [3.05, 3.63) is 53.4 Å². The molecule has 1 unspecified atom stereocenters. The SMILES string of the molecule is C=Cc1cc(C=O)c(-c2ccc(C(=O)NCC3CC3)nc2C(=O)OC(C)OC(=O)[C@@H](NC(=O)OC(C)(C)C)C(C)C)cc1OC. The van der Waals surface area contributed by atoms with Crippen molar-refractivity contribution in [3.63, 3.8) is 0 Å². The summed E-state index contributed by atoms with van der Waals surface area (Å²) in [6, 6.07) is 4.93. The summed E-state index contributed by atoms with van der Waals surface area (Å²) in [7, 11) is 1.45. The van der Waals surface area contributed by atoms with Gasteiger partial charge in [-0.3, -0.25) is 9.59 Å². The quantitative estimate of drug-likeness (QED) is 0.178. The Morgan fingerprint density at radius 1 is 1.04 bits per heavy atom. The van der Waals surface area contributed by atoms with Gasteiger partial charge in [0, 0.05) is 30.2 Å². The first-order valence-electron chi connectivity index (χ1n) is 14.7. The van der Waals surface area contributed by atoms with Gasteiger partial charge in [-0.25, -0.2) is 19.4 Å². The molecule has 2 N–H and O–H groups in total. The van der Waals surface area contributed by atoms with Crippen LogP contribution in [0.3, 0.4) is 0 Å². The van der Waals surface area contributed by atoms with Gasteiger partial charge in [-0.15, -0.1) is 0 Å². The third-order valence-electron chi connectivity index (χ3n) is 6.76. The lowest BCUT2D eigenvalue weighted by atomic mass is 9.95. The Kier molecular flexibility index (Phi) is 11.4. The van der Waals surface area contributed by atoms with Crippen molar-refractivity contribution in [1.29, 1.82) is 0 Å². The van der Waals surface area contributed by atoms with Crippen LogP contribution in [0.1, 0.15) is 91.3 Å². The molecule has 12 nitrogen and oxygen atoms in total. The van der Waals surface area contributed by atoms with E-state index >= 15 is 0 Å². The number of hydrogen-bond acceptors (Lipinski definition) is 10. The van der Waals surface area contributed by atoms with E-state index in [2.05, 4.69) is 22.2 Å². The molecule has 242 valence electrons. The molecule has 1 aromatic heterocycles. The second-order valence-electron chi connectivity index (χ2n) is 12.0. The Bertz CT molecular complexity index is 1460. The van der Waals surface area contributed by atoms with Crippen LogP contribution in [0.5, 0.6) is 5.75 Å². The van der Waals surface area contributed by atoms with E-state index < -0.39 is 41.9 Å². The Labute approximate surface area is 262 Å². The molecule has 1 aliphatic rings. The van der Waals surface area contributed by atoms with Gasteiger partial charge in [0.05, 0.1) is 7.11 Å². The summed E-state index contributed by atoms with van der Waals surface area (Å²) in [4.78, 5) is 68.1. The van der Waals surface area contributed by atoms with E-state index in [1.54, 1.807) is 46.8 Å². The minimum atomic E-state index is -1.42. The molecule has 1 saturated carbocycles. The molecule has 3 rings (SSSR count). The lowest BCUT2D eigenvalue weighted by molar-refractivity contribution is -0.169. The number of esters is 2. The van der Waals surface area contributed by atoms with Crippen molar-refractivity contribution < 1.29 is 42.9 Å². The van der Waals surface area contributed by atoms with E-state index in [9.17, 15) is 24.0 Å². The third kappa shape index (κ3) is 9.62. The highest BCUT2D eigenvalue weighted by molar-refractivity contribution is 6.01. The first kappa shape index (κ1) is 34.7. The Morgan fingerprint density at radius 3 is 2.29 bits per heavy atom. The van der Waals surface area contributed by atoms with Gasteiger partial charge in [-0.05, 0) is 75.3 Å². The Balaban J connectivity index is 1.91. The number of methoxy groups -OCH3 is 1. The maximum atomic E-state index is 13.6. The summed E-state index contributed by atoms with van der Waals surface area (Å²) >= 11 is 0. The van der Waals surface area contributed by atoms with Crippen molar-refractivity contribution in [2.75, 3.05) is 13.7 Å². The monoisotopic (exact) mass is 623 g/mol. The molecule has 0 spiro atoms. The highest BCUT2D eigenvalue weighted by Crippen LogP contribution is 2.33. The number of hydrogen-bond donors (Lipinski definition) is 2. The van der Waals surface area contributed by atoms with Crippen molar-refractivity contribution in [2.45, 2.75) is 72.3 Å². The number of carbonyl (C=O) groups is 5. The van der Waals surface area contributed by atoms with E-state index in [0.717, 1.165) is 12.8 Å². The molecule has 1 aliphatic carbocycles. The van der Waals surface area contributed by atoms with Crippen LogP contribution in [-0.2, 0) is 19.0 Å². The number of alkyl carbamates (subject to hydrolysis) is 1. The van der Waals surface area contributed by atoms with Crippen molar-refractivity contribution in [1.82, 2.24) is 15.6 Å². The van der Waals surface area contributed by atoms with E-state index in [4.69, 9.17) is 18.9 Å². The molecule has 0 saturated heterocycles. The summed E-state index contributed by atoms with van der Waals surface area (Å²) in [5.74, 6) is -1.95. The second kappa shape index (κ2) is 14.8. The fraction of sp³-hybridized carbons (Fsp3) is 0.455. The van der Waals surface area contributed by atoms with Crippen molar-refractivity contribution in [3.8, 4) is 16.9 Å². The lowest BCUT2D eigenvalue weighted by Gasteiger charge is -2.25. The van der Waals surface area contributed by atoms with Crippen LogP contribution < -0.4 is 15.4 Å². The molecular formula is C33H41N3O9. The number of carbonyl (C=O) groups excluding carboxylic acids is 5. The van der Waals surface area contributed by atoms with Gasteiger partial charge in [0.2, 0.25) is 6.29 Å². The average molecular weight is 624 g/mol. The minimum Gasteiger partial charge on any atom is -0.496 e. The van der Waals surface area contributed by atoms with Gasteiger partial charge in [-0.1, -0.05) is 26.5 Å². The molecule has 2 aromatic rings. The summed E-state index contributed by atoms with van der Waals surface area (Å²) in [5, 5.41) is 5.29. The van der Waals surface area contributed by atoms with E-state index in [-0.39, 0.29) is 28.4 Å². The van der Waals surface area contributed by atoms with Gasteiger partial charge < -0.3 is 29.6 Å². The summed E-state index contributed by atoms with van der Waals surface area (Å²) in [6.45, 7) is 14.0. The van der Waals surface area contributed by atoms with Crippen LogP contribution >= 0.6 is 0 Å². The largest absolute Gasteiger partial charge is 0.496 e. The highest BCUT2D eigenvalue weighted by atomic mass is 16.7. The summed E-state index contributed by atoms with van der Waals surface area (Å²) < 4.78 is 21.5. The molecule has 2 amide bonds. The number of nitrogens with zero attached hydrogens (tertiary/aromatic N) is 1. The van der Waals surface area contributed by atoms with Crippen molar-refractivity contribution in [2.24, 2.45) is 11.8 Å². The van der Waals surface area contributed by atoms with Crippen LogP contribution in [0.2, 0.25) is 0 Å². The number of rotatable bonds is 13. The van der Waals surface area contributed by atoms with E-state index in [0.29, 0.717) is 35.6 Å². The molecule has 0 radical (unpaired) electrons. The topological polar surface area (TPSA) is 159 Å². The number of amides is 2. The predicted octanol–water partition coefficient (Wildman–Crippen LogP) is 4.95. The number of aromatic nitrogens is 1. The molecule has 2 atom stereocenters. The fourth-order valence-electron chi connectivity index (χ4n) is 4.29. The standard InChI is InChI=1S/C33H41N3O9/c1-9-21-14-22(17-37)24(15-26(21)42-8)23-12-13-25(29(38)34-16-20-10-11-20)35-28(23)31(40)44-19(4)43-30(39)27(18(2)3)36-32(41)45-33(5,6)7/h9,12-15,17-20,27H,1,10-11,16H2,2-8H3,(H,34,38)(H,36,41)/t19?,27-/m0/s1. The molecule has 0 bridgehead atoms. The van der Waals surface area contributed by atoms with Crippen LogP contribution in [0.15, 0.2) is 30.8 Å². The number of benzene rings is 1. The first-order chi connectivity index (χ1) is 21.2. The minimum absolute atomic E-state index is 0.0419. The molecule has 12 heteroatoms. The normalized spacial score (nSPS) is 14.0. The maximum Gasteiger partial charge on any atom is 0.408 e. The van der Waals surface area contributed by atoms with Gasteiger partial charge in [-0.2, -0.15) is 0 Å². The average Bonchev–Trinajstić information content (AvgIpc) is 3.81. The van der Waals surface area contributed by atoms with E-state index in [1.165, 1.54) is 32.2 Å². The molecule has 0 aliphatic heterocycles. The lowest BCUT2D eigenvalue weighted by Crippen LogP contribution is -2.48. The van der Waals surface area contributed by atoms with Gasteiger partial charge in [0.15, 0.2) is 12.0 Å². The molecular weight excluding hydrogens is 582 g/mol. The number of ether oxygens (including phenoxy) is 4. The van der Waals surface area contributed by atoms with Gasteiger partial charge in [0.1, 0.15) is 23.1 Å². The smallest absolute Gasteiger partial charge is 0.408 e. The number of aldehydes is 1.